The van der Waals surface area contributed by atoms with Gasteiger partial charge in [-0.05, 0) is 29.8 Å². The van der Waals surface area contributed by atoms with Crippen molar-refractivity contribution in [3.8, 4) is 0 Å². The van der Waals surface area contributed by atoms with E-state index in [-0.39, 0.29) is 22.6 Å². The van der Waals surface area contributed by atoms with Crippen LogP contribution in [-0.2, 0) is 14.3 Å². The van der Waals surface area contributed by atoms with Crippen molar-refractivity contribution in [1.82, 2.24) is 4.90 Å². The molecule has 2 aliphatic rings. The lowest BCUT2D eigenvalue weighted by Crippen LogP contribution is -2.40. The number of rotatable bonds is 4. The molecule has 1 saturated heterocycles. The molecule has 0 unspecified atom stereocenters. The van der Waals surface area contributed by atoms with Crippen LogP contribution in [0.25, 0.3) is 5.57 Å². The first-order chi connectivity index (χ1) is 14.0. The monoisotopic (exact) mass is 397 g/mol. The summed E-state index contributed by atoms with van der Waals surface area (Å²) in [4.78, 5) is 39.4. The molecule has 0 aromatic heterocycles. The number of nitro groups is 1. The average Bonchev–Trinajstić information content (AvgIpc) is 2.99. The lowest BCUT2D eigenvalue weighted by Gasteiger charge is -2.29. The van der Waals surface area contributed by atoms with Crippen molar-refractivity contribution in [3.05, 3.63) is 75.7 Å². The summed E-state index contributed by atoms with van der Waals surface area (Å²) in [5.41, 5.74) is 0.329. The van der Waals surface area contributed by atoms with Gasteiger partial charge in [0.2, 0.25) is 0 Å². The van der Waals surface area contributed by atoms with Crippen LogP contribution in [0.5, 0.6) is 0 Å². The minimum absolute atomic E-state index is 0.0926. The van der Waals surface area contributed by atoms with Crippen LogP contribution in [0, 0.1) is 15.9 Å². The molecule has 0 N–H and O–H groups in total. The van der Waals surface area contributed by atoms with E-state index >= 15 is 0 Å². The third-order valence-electron chi connectivity index (χ3n) is 4.85. The molecule has 4 rings (SSSR count). The highest BCUT2D eigenvalue weighted by Gasteiger charge is 2.43. The van der Waals surface area contributed by atoms with Crippen LogP contribution in [-0.4, -0.2) is 47.9 Å². The molecular formula is C20H16FN3O5. The smallest absolute Gasteiger partial charge is 0.282 e. The lowest BCUT2D eigenvalue weighted by atomic mass is 10.0. The van der Waals surface area contributed by atoms with Gasteiger partial charge in [0.1, 0.15) is 11.5 Å². The summed E-state index contributed by atoms with van der Waals surface area (Å²) in [7, 11) is 0. The molecule has 2 aromatic rings. The fourth-order valence-electron chi connectivity index (χ4n) is 3.46. The molecule has 0 aliphatic carbocycles. The molecule has 0 radical (unpaired) electrons. The topological polar surface area (TPSA) is 93.0 Å². The molecule has 2 heterocycles. The van der Waals surface area contributed by atoms with Crippen molar-refractivity contribution < 1.29 is 23.6 Å². The Morgan fingerprint density at radius 2 is 1.62 bits per heavy atom. The zero-order valence-electron chi connectivity index (χ0n) is 15.2. The van der Waals surface area contributed by atoms with Gasteiger partial charge in [0.25, 0.3) is 17.5 Å². The molecule has 1 fully saturated rings. The first-order valence-corrected chi connectivity index (χ1v) is 8.94. The highest BCUT2D eigenvalue weighted by Crippen LogP contribution is 2.36. The van der Waals surface area contributed by atoms with E-state index in [1.54, 1.807) is 4.90 Å². The van der Waals surface area contributed by atoms with Gasteiger partial charge in [-0.3, -0.25) is 19.7 Å². The van der Waals surface area contributed by atoms with Gasteiger partial charge in [0.05, 0.1) is 29.4 Å². The van der Waals surface area contributed by atoms with E-state index in [1.807, 2.05) is 0 Å². The summed E-state index contributed by atoms with van der Waals surface area (Å²) in [5, 5.41) is 10.9. The third kappa shape index (κ3) is 3.25. The van der Waals surface area contributed by atoms with Crippen molar-refractivity contribution in [1.29, 1.82) is 0 Å². The number of halogens is 1. The van der Waals surface area contributed by atoms with Crippen molar-refractivity contribution in [2.75, 3.05) is 31.2 Å². The van der Waals surface area contributed by atoms with Gasteiger partial charge in [-0.1, -0.05) is 12.1 Å². The largest absolute Gasteiger partial charge is 0.378 e. The maximum Gasteiger partial charge on any atom is 0.282 e. The zero-order valence-corrected chi connectivity index (χ0v) is 15.2. The van der Waals surface area contributed by atoms with Crippen molar-refractivity contribution in [2.45, 2.75) is 0 Å². The summed E-state index contributed by atoms with van der Waals surface area (Å²) < 4.78 is 19.7. The van der Waals surface area contributed by atoms with Gasteiger partial charge in [0, 0.05) is 25.2 Å². The second-order valence-corrected chi connectivity index (χ2v) is 6.52. The standard InChI is InChI=1S/C20H16FN3O5/c21-15-3-1-2-4-16(15)23-19(25)17(13-5-7-14(8-6-13)24(27)28)18(20(23)26)22-9-11-29-12-10-22/h1-8H,9-12H2. The molecule has 0 bridgehead atoms. The van der Waals surface area contributed by atoms with E-state index in [4.69, 9.17) is 4.74 Å². The molecule has 2 aliphatic heterocycles. The van der Waals surface area contributed by atoms with E-state index < -0.39 is 22.6 Å². The van der Waals surface area contributed by atoms with Crippen LogP contribution in [0.4, 0.5) is 15.8 Å². The number of carbonyl (C=O) groups is 2. The van der Waals surface area contributed by atoms with Crippen LogP contribution >= 0.6 is 0 Å². The zero-order chi connectivity index (χ0) is 20.5. The Kier molecular flexibility index (Phi) is 4.81. The second-order valence-electron chi connectivity index (χ2n) is 6.52. The Labute approximate surface area is 164 Å². The van der Waals surface area contributed by atoms with E-state index in [2.05, 4.69) is 0 Å². The summed E-state index contributed by atoms with van der Waals surface area (Å²) in [6.07, 6.45) is 0. The number of benzene rings is 2. The quantitative estimate of drug-likeness (QED) is 0.447. The molecule has 148 valence electrons. The molecule has 9 heteroatoms. The third-order valence-corrected chi connectivity index (χ3v) is 4.85. The van der Waals surface area contributed by atoms with Crippen molar-refractivity contribution in [3.63, 3.8) is 0 Å². The van der Waals surface area contributed by atoms with E-state index in [0.717, 1.165) is 4.90 Å². The number of nitro benzene ring substituents is 1. The summed E-state index contributed by atoms with van der Waals surface area (Å²) >= 11 is 0. The molecule has 0 atom stereocenters. The van der Waals surface area contributed by atoms with Crippen LogP contribution < -0.4 is 4.90 Å². The average molecular weight is 397 g/mol. The first-order valence-electron chi connectivity index (χ1n) is 8.94. The predicted octanol–water partition coefficient (Wildman–Crippen LogP) is 2.35. The Balaban J connectivity index is 1.83. The Morgan fingerprint density at radius 3 is 2.24 bits per heavy atom. The normalized spacial score (nSPS) is 17.3. The van der Waals surface area contributed by atoms with Gasteiger partial charge in [-0.2, -0.15) is 0 Å². The number of carbonyl (C=O) groups excluding carboxylic acids is 2. The summed E-state index contributed by atoms with van der Waals surface area (Å²) in [5.74, 6) is -1.99. The molecule has 29 heavy (non-hydrogen) atoms. The van der Waals surface area contributed by atoms with Gasteiger partial charge in [-0.25, -0.2) is 9.29 Å². The summed E-state index contributed by atoms with van der Waals surface area (Å²) in [6.45, 7) is 1.57. The lowest BCUT2D eigenvalue weighted by molar-refractivity contribution is -0.384. The number of para-hydroxylation sites is 1. The number of imide groups is 1. The van der Waals surface area contributed by atoms with E-state index in [1.165, 1.54) is 48.5 Å². The number of nitrogens with zero attached hydrogens (tertiary/aromatic N) is 3. The number of amides is 2. The Hall–Kier alpha value is -3.59. The van der Waals surface area contributed by atoms with Gasteiger partial charge in [-0.15, -0.1) is 0 Å². The summed E-state index contributed by atoms with van der Waals surface area (Å²) in [6, 6.07) is 10.9. The van der Waals surface area contributed by atoms with Crippen LogP contribution in [0.1, 0.15) is 5.56 Å². The van der Waals surface area contributed by atoms with Crippen molar-refractivity contribution in [2.24, 2.45) is 0 Å². The molecule has 2 aromatic carbocycles. The maximum absolute atomic E-state index is 14.4. The van der Waals surface area contributed by atoms with Crippen LogP contribution in [0.3, 0.4) is 0 Å². The van der Waals surface area contributed by atoms with Crippen LogP contribution in [0.2, 0.25) is 0 Å². The number of anilines is 1. The number of morpholine rings is 1. The number of hydrogen-bond donors (Lipinski definition) is 0. The fourth-order valence-corrected chi connectivity index (χ4v) is 3.46. The van der Waals surface area contributed by atoms with E-state index in [9.17, 15) is 24.1 Å². The molecule has 0 saturated carbocycles. The highest BCUT2D eigenvalue weighted by molar-refractivity contribution is 6.45. The molecule has 2 amide bonds. The minimum atomic E-state index is -0.694. The van der Waals surface area contributed by atoms with Gasteiger partial charge < -0.3 is 9.64 Å². The number of ether oxygens (including phenoxy) is 1. The Bertz CT molecular complexity index is 1030. The van der Waals surface area contributed by atoms with Gasteiger partial charge >= 0.3 is 0 Å². The SMILES string of the molecule is O=C1C(c2ccc([N+](=O)[O-])cc2)=C(N2CCOCC2)C(=O)N1c1ccccc1F. The molecule has 0 spiro atoms. The number of hydrogen-bond acceptors (Lipinski definition) is 6. The second kappa shape index (κ2) is 7.44. The highest BCUT2D eigenvalue weighted by atomic mass is 19.1. The van der Waals surface area contributed by atoms with Crippen molar-refractivity contribution >= 4 is 28.8 Å². The van der Waals surface area contributed by atoms with Crippen LogP contribution in [0.15, 0.2) is 54.2 Å². The Morgan fingerprint density at radius 1 is 0.966 bits per heavy atom. The molecular weight excluding hydrogens is 381 g/mol. The predicted molar refractivity (Wildman–Crippen MR) is 101 cm³/mol. The van der Waals surface area contributed by atoms with Gasteiger partial charge in [0.15, 0.2) is 0 Å². The fraction of sp³-hybridized carbons (Fsp3) is 0.200. The molecule has 8 nitrogen and oxygen atoms in total. The first kappa shape index (κ1) is 18.8. The van der Waals surface area contributed by atoms with E-state index in [0.29, 0.717) is 31.9 Å². The minimum Gasteiger partial charge on any atom is -0.378 e. The number of non-ortho nitro benzene ring substituents is 1. The maximum atomic E-state index is 14.4.